The van der Waals surface area contributed by atoms with Crippen molar-refractivity contribution in [1.82, 2.24) is 15.0 Å². The molecule has 13 aromatic rings. The Kier molecular flexibility index (Phi) is 10.2. The van der Waals surface area contributed by atoms with Crippen molar-refractivity contribution < 1.29 is 0 Å². The smallest absolute Gasteiger partial charge is 0.195 e. The van der Waals surface area contributed by atoms with Gasteiger partial charge in [-0.05, 0) is 122 Å². The molecule has 12 aromatic carbocycles. The van der Waals surface area contributed by atoms with Crippen LogP contribution in [0.4, 0.5) is 5.69 Å². The molecule has 74 heavy (non-hydrogen) atoms. The first-order valence-electron chi connectivity index (χ1n) is 24.9. The van der Waals surface area contributed by atoms with Crippen LogP contribution >= 0.6 is 0 Å². The molecular formula is C70H42N4. The average Bonchev–Trinajstić information content (AvgIpc) is 3.84. The van der Waals surface area contributed by atoms with Crippen LogP contribution in [0.1, 0.15) is 0 Å². The fraction of sp³-hybridized carbons (Fsp3) is 0. The maximum atomic E-state index is 8.29. The normalized spacial score (nSPS) is 11.5. The van der Waals surface area contributed by atoms with Gasteiger partial charge in [0.25, 0.3) is 0 Å². The molecule has 0 saturated carbocycles. The van der Waals surface area contributed by atoms with Gasteiger partial charge in [0.15, 0.2) is 23.2 Å². The van der Waals surface area contributed by atoms with E-state index in [1.807, 2.05) is 48.5 Å². The molecule has 1 aliphatic rings. The van der Waals surface area contributed by atoms with E-state index in [1.54, 1.807) is 0 Å². The van der Waals surface area contributed by atoms with Crippen LogP contribution in [0.15, 0.2) is 255 Å². The third-order valence-electron chi connectivity index (χ3n) is 14.8. The molecule has 0 fully saturated rings. The van der Waals surface area contributed by atoms with Crippen molar-refractivity contribution in [2.24, 2.45) is 0 Å². The number of hydrogen-bond donors (Lipinski definition) is 0. The minimum absolute atomic E-state index is 0.577. The Morgan fingerprint density at radius 2 is 0.662 bits per heavy atom. The van der Waals surface area contributed by atoms with Crippen LogP contribution in [0.2, 0.25) is 0 Å². The van der Waals surface area contributed by atoms with Gasteiger partial charge in [0.05, 0.1) is 6.57 Å². The number of benzene rings is 12. The average molecular weight is 939 g/mol. The molecule has 0 N–H and O–H groups in total. The summed E-state index contributed by atoms with van der Waals surface area (Å²) in [6.07, 6.45) is 0. The van der Waals surface area contributed by atoms with E-state index in [2.05, 4.69) is 211 Å². The summed E-state index contributed by atoms with van der Waals surface area (Å²) in [7, 11) is 0. The zero-order chi connectivity index (χ0) is 49.1. The van der Waals surface area contributed by atoms with E-state index in [9.17, 15) is 0 Å². The predicted molar refractivity (Wildman–Crippen MR) is 307 cm³/mol. The van der Waals surface area contributed by atoms with Gasteiger partial charge in [0, 0.05) is 16.7 Å². The Bertz CT molecular complexity index is 4370. The third kappa shape index (κ3) is 7.26. The highest BCUT2D eigenvalue weighted by molar-refractivity contribution is 6.19. The van der Waals surface area contributed by atoms with E-state index in [0.29, 0.717) is 23.2 Å². The van der Waals surface area contributed by atoms with Gasteiger partial charge in [-0.3, -0.25) is 0 Å². The maximum Gasteiger partial charge on any atom is 0.195 e. The van der Waals surface area contributed by atoms with Gasteiger partial charge < -0.3 is 0 Å². The lowest BCUT2D eigenvalue weighted by Gasteiger charge is -2.15. The lowest BCUT2D eigenvalue weighted by Crippen LogP contribution is -2.00. The molecule has 1 heterocycles. The van der Waals surface area contributed by atoms with Gasteiger partial charge in [0.2, 0.25) is 0 Å². The van der Waals surface area contributed by atoms with Crippen molar-refractivity contribution in [3.05, 3.63) is 266 Å². The molecule has 342 valence electrons. The molecule has 0 aliphatic heterocycles. The van der Waals surface area contributed by atoms with E-state index in [-0.39, 0.29) is 0 Å². The zero-order valence-electron chi connectivity index (χ0n) is 40.0. The Labute approximate surface area is 429 Å². The van der Waals surface area contributed by atoms with E-state index in [4.69, 9.17) is 21.5 Å². The molecule has 0 radical (unpaired) electrons. The summed E-state index contributed by atoms with van der Waals surface area (Å²) in [6.45, 7) is 8.29. The standard InChI is InChI=1S/C70H42N4/c1-71-66-43-51(44-26-28-45(29-27-44)53-17-7-8-19-56(53)61-40-41-64-59-22-11-10-21-58(59)62-24-13-25-63(61)67(62)64)38-39-55(66)46-30-34-49(35-31-46)69-72-68(48-14-3-2-4-15-48)73-70(74-69)50-36-32-47(33-37-50)65-42-52-16-5-6-18-54(52)57-20-9-12-23-60(57)65/h2-43H. The van der Waals surface area contributed by atoms with Crippen molar-refractivity contribution in [2.75, 3.05) is 0 Å². The van der Waals surface area contributed by atoms with Gasteiger partial charge >= 0.3 is 0 Å². The van der Waals surface area contributed by atoms with Crippen LogP contribution in [0.25, 0.3) is 149 Å². The van der Waals surface area contributed by atoms with Crippen molar-refractivity contribution in [3.63, 3.8) is 0 Å². The summed E-state index contributed by atoms with van der Waals surface area (Å²) in [5.41, 5.74) is 19.4. The van der Waals surface area contributed by atoms with Crippen LogP contribution in [0.3, 0.4) is 0 Å². The fourth-order valence-corrected chi connectivity index (χ4v) is 11.1. The monoisotopic (exact) mass is 938 g/mol. The summed E-state index contributed by atoms with van der Waals surface area (Å²) in [5.74, 6) is 1.78. The summed E-state index contributed by atoms with van der Waals surface area (Å²) in [5, 5.41) is 7.51. The Hall–Kier alpha value is -10.1. The van der Waals surface area contributed by atoms with E-state index < -0.39 is 0 Å². The summed E-state index contributed by atoms with van der Waals surface area (Å²) in [6, 6.07) is 89.9. The number of hydrogen-bond acceptors (Lipinski definition) is 3. The van der Waals surface area contributed by atoms with Gasteiger partial charge in [-0.1, -0.05) is 243 Å². The molecule has 1 aromatic heterocycles. The number of nitrogens with zero attached hydrogens (tertiary/aromatic N) is 4. The molecule has 4 nitrogen and oxygen atoms in total. The first-order chi connectivity index (χ1) is 36.6. The Balaban J connectivity index is 0.752. The molecule has 4 heteroatoms. The molecule has 0 spiro atoms. The number of rotatable bonds is 8. The summed E-state index contributed by atoms with van der Waals surface area (Å²) >= 11 is 0. The van der Waals surface area contributed by atoms with Crippen LogP contribution in [-0.2, 0) is 0 Å². The minimum Gasteiger partial charge on any atom is -0.237 e. The highest BCUT2D eigenvalue weighted by Gasteiger charge is 2.23. The van der Waals surface area contributed by atoms with Crippen molar-refractivity contribution in [2.45, 2.75) is 0 Å². The summed E-state index contributed by atoms with van der Waals surface area (Å²) < 4.78 is 0. The molecule has 1 aliphatic carbocycles. The van der Waals surface area contributed by atoms with E-state index >= 15 is 0 Å². The largest absolute Gasteiger partial charge is 0.237 e. The van der Waals surface area contributed by atoms with Gasteiger partial charge in [-0.2, -0.15) is 0 Å². The molecule has 14 rings (SSSR count). The number of fused-ring (bicyclic) bond motifs is 6. The predicted octanol–water partition coefficient (Wildman–Crippen LogP) is 18.9. The maximum absolute atomic E-state index is 8.29. The van der Waals surface area contributed by atoms with Crippen LogP contribution in [-0.4, -0.2) is 15.0 Å². The highest BCUT2D eigenvalue weighted by atomic mass is 15.0. The molecule has 0 saturated heterocycles. The van der Waals surface area contributed by atoms with Crippen molar-refractivity contribution in [1.29, 1.82) is 0 Å². The van der Waals surface area contributed by atoms with Crippen LogP contribution in [0, 0.1) is 6.57 Å². The SMILES string of the molecule is [C-]#[N+]c1cc(-c2ccc(-c3ccccc3-c3ccc4c5c(cccc35)-c3ccccc3-4)cc2)ccc1-c1ccc(-c2nc(-c3ccccc3)nc(-c3ccc(-c4cc5ccccc5c5ccccc45)cc3)n2)cc1. The number of aromatic nitrogens is 3. The summed E-state index contributed by atoms with van der Waals surface area (Å²) in [4.78, 5) is 19.1. The van der Waals surface area contributed by atoms with Crippen molar-refractivity contribution >= 4 is 38.0 Å². The topological polar surface area (TPSA) is 43.0 Å². The molecule has 0 unspecified atom stereocenters. The quantitative estimate of drug-likeness (QED) is 0.113. The van der Waals surface area contributed by atoms with Gasteiger partial charge in [0.1, 0.15) is 0 Å². The molecule has 0 amide bonds. The second kappa shape index (κ2) is 17.6. The van der Waals surface area contributed by atoms with Crippen molar-refractivity contribution in [3.8, 4) is 112 Å². The van der Waals surface area contributed by atoms with Crippen LogP contribution in [0.5, 0.6) is 0 Å². The Morgan fingerprint density at radius 3 is 1.31 bits per heavy atom. The van der Waals surface area contributed by atoms with Gasteiger partial charge in [-0.25, -0.2) is 19.8 Å². The minimum atomic E-state index is 0.577. The second-order valence-electron chi connectivity index (χ2n) is 18.9. The Morgan fingerprint density at radius 1 is 0.243 bits per heavy atom. The second-order valence-corrected chi connectivity index (χ2v) is 18.9. The zero-order valence-corrected chi connectivity index (χ0v) is 40.0. The first-order valence-corrected chi connectivity index (χ1v) is 24.9. The third-order valence-corrected chi connectivity index (χ3v) is 14.8. The van der Waals surface area contributed by atoms with E-state index in [0.717, 1.165) is 50.1 Å². The first kappa shape index (κ1) is 42.8. The molecule has 0 bridgehead atoms. The molecule has 0 atom stereocenters. The highest BCUT2D eigenvalue weighted by Crippen LogP contribution is 2.50. The fourth-order valence-electron chi connectivity index (χ4n) is 11.1. The van der Waals surface area contributed by atoms with Gasteiger partial charge in [-0.15, -0.1) is 0 Å². The van der Waals surface area contributed by atoms with Crippen LogP contribution < -0.4 is 0 Å². The lowest BCUT2D eigenvalue weighted by atomic mass is 9.89. The molecular weight excluding hydrogens is 897 g/mol. The lowest BCUT2D eigenvalue weighted by molar-refractivity contribution is 1.07. The van der Waals surface area contributed by atoms with E-state index in [1.165, 1.54) is 76.8 Å².